The van der Waals surface area contributed by atoms with Crippen molar-refractivity contribution in [2.45, 2.75) is 25.3 Å². The molecule has 188 valence electrons. The van der Waals surface area contributed by atoms with Gasteiger partial charge in [0.25, 0.3) is 15.9 Å². The number of nitrogens with zero attached hydrogens (tertiary/aromatic N) is 2. The van der Waals surface area contributed by atoms with E-state index in [0.29, 0.717) is 5.71 Å². The number of rotatable bonds is 8. The van der Waals surface area contributed by atoms with Crippen molar-refractivity contribution < 1.29 is 13.2 Å². The highest BCUT2D eigenvalue weighted by Gasteiger charge is 2.28. The lowest BCUT2D eigenvalue weighted by Gasteiger charge is -2.26. The van der Waals surface area contributed by atoms with Gasteiger partial charge in [-0.25, -0.2) is 13.8 Å². The summed E-state index contributed by atoms with van der Waals surface area (Å²) in [5, 5.41) is 4.25. The lowest BCUT2D eigenvalue weighted by molar-refractivity contribution is 0.0955. The van der Waals surface area contributed by atoms with Crippen LogP contribution in [0.4, 0.5) is 5.69 Å². The summed E-state index contributed by atoms with van der Waals surface area (Å²) in [6.07, 6.45) is 0. The van der Waals surface area contributed by atoms with Gasteiger partial charge in [-0.05, 0) is 61.4 Å². The number of hydrogen-bond acceptors (Lipinski definition) is 4. The highest BCUT2D eigenvalue weighted by Crippen LogP contribution is 2.29. The van der Waals surface area contributed by atoms with Crippen LogP contribution in [0.15, 0.2) is 118 Å². The maximum atomic E-state index is 13.9. The molecule has 0 unspecified atom stereocenters. The van der Waals surface area contributed by atoms with Crippen LogP contribution in [0.1, 0.15) is 34.0 Å². The molecule has 0 aliphatic heterocycles. The molecule has 0 bridgehead atoms. The first kappa shape index (κ1) is 26.3. The van der Waals surface area contributed by atoms with Gasteiger partial charge >= 0.3 is 0 Å². The van der Waals surface area contributed by atoms with Crippen molar-refractivity contribution in [3.8, 4) is 0 Å². The molecule has 4 rings (SSSR count). The number of aryl methyl sites for hydroxylation is 1. The van der Waals surface area contributed by atoms with Crippen LogP contribution in [-0.4, -0.2) is 20.0 Å². The number of carbonyl (C=O) groups excluding carboxylic acids is 1. The van der Waals surface area contributed by atoms with Gasteiger partial charge in [0, 0.05) is 4.47 Å². The van der Waals surface area contributed by atoms with Crippen LogP contribution in [0.5, 0.6) is 0 Å². The third kappa shape index (κ3) is 6.34. The molecule has 0 aromatic heterocycles. The summed E-state index contributed by atoms with van der Waals surface area (Å²) in [6, 6.07) is 30.2. The average Bonchev–Trinajstić information content (AvgIpc) is 2.91. The van der Waals surface area contributed by atoms with E-state index >= 15 is 0 Å². The van der Waals surface area contributed by atoms with E-state index in [4.69, 9.17) is 0 Å². The molecule has 1 amide bonds. The Balaban J connectivity index is 1.72. The van der Waals surface area contributed by atoms with Crippen LogP contribution >= 0.6 is 15.9 Å². The van der Waals surface area contributed by atoms with Crippen molar-refractivity contribution in [2.75, 3.05) is 4.31 Å². The topological polar surface area (TPSA) is 78.8 Å². The van der Waals surface area contributed by atoms with Gasteiger partial charge in [0.15, 0.2) is 0 Å². The van der Waals surface area contributed by atoms with Gasteiger partial charge in [-0.3, -0.25) is 9.10 Å². The molecule has 37 heavy (non-hydrogen) atoms. The number of carbonyl (C=O) groups is 1. The molecular weight excluding hydrogens is 550 g/mol. The fourth-order valence-electron chi connectivity index (χ4n) is 3.72. The van der Waals surface area contributed by atoms with Gasteiger partial charge in [0.2, 0.25) is 0 Å². The first-order valence-corrected chi connectivity index (χ1v) is 13.8. The Bertz CT molecular complexity index is 1520. The molecule has 0 spiro atoms. The van der Waals surface area contributed by atoms with Crippen LogP contribution < -0.4 is 9.73 Å². The molecule has 0 aliphatic rings. The zero-order valence-electron chi connectivity index (χ0n) is 20.4. The molecule has 0 saturated heterocycles. The standard InChI is InChI=1S/C29H26BrN3O3S/c1-21-12-18-26(19-13-21)37(35,36)33(20-23-8-4-3-5-9-23)28-11-7-6-10-27(28)29(34)32-31-22(2)24-14-16-25(30)17-15-24/h3-19H,20H2,1-2H3,(H,32,34)/b31-22+. The smallest absolute Gasteiger partial charge is 0.267 e. The van der Waals surface area contributed by atoms with Crippen LogP contribution in [0, 0.1) is 6.92 Å². The molecule has 0 saturated carbocycles. The Morgan fingerprint density at radius 2 is 1.49 bits per heavy atom. The SMILES string of the molecule is C/C(=N\NC(=O)c1ccccc1N(Cc1ccccc1)S(=O)(=O)c1ccc(C)cc1)c1ccc(Br)cc1. The highest BCUT2D eigenvalue weighted by atomic mass is 79.9. The van der Waals surface area contributed by atoms with E-state index in [-0.39, 0.29) is 22.7 Å². The van der Waals surface area contributed by atoms with E-state index in [1.54, 1.807) is 55.5 Å². The lowest BCUT2D eigenvalue weighted by atomic mass is 10.1. The molecule has 1 N–H and O–H groups in total. The summed E-state index contributed by atoms with van der Waals surface area (Å²) in [5.74, 6) is -0.510. The third-order valence-corrected chi connectivity index (χ3v) is 8.09. The molecule has 0 heterocycles. The second kappa shape index (κ2) is 11.5. The normalized spacial score (nSPS) is 11.7. The van der Waals surface area contributed by atoms with E-state index in [9.17, 15) is 13.2 Å². The summed E-state index contributed by atoms with van der Waals surface area (Å²) < 4.78 is 29.9. The van der Waals surface area contributed by atoms with E-state index in [2.05, 4.69) is 26.5 Å². The van der Waals surface area contributed by atoms with Crippen molar-refractivity contribution in [1.82, 2.24) is 5.43 Å². The molecule has 4 aromatic carbocycles. The van der Waals surface area contributed by atoms with Crippen LogP contribution in [0.2, 0.25) is 0 Å². The third-order valence-electron chi connectivity index (χ3n) is 5.78. The summed E-state index contributed by atoms with van der Waals surface area (Å²) in [4.78, 5) is 13.4. The second-order valence-electron chi connectivity index (χ2n) is 8.47. The second-order valence-corrected chi connectivity index (χ2v) is 11.3. The van der Waals surface area contributed by atoms with Gasteiger partial charge in [-0.2, -0.15) is 5.10 Å². The quantitative estimate of drug-likeness (QED) is 0.197. The number of halogens is 1. The number of amides is 1. The van der Waals surface area contributed by atoms with Crippen LogP contribution in [0.3, 0.4) is 0 Å². The summed E-state index contributed by atoms with van der Waals surface area (Å²) in [5.41, 5.74) is 6.26. The maximum absolute atomic E-state index is 13.9. The number of benzene rings is 4. The van der Waals surface area contributed by atoms with Gasteiger partial charge < -0.3 is 0 Å². The maximum Gasteiger partial charge on any atom is 0.273 e. The number of sulfonamides is 1. The van der Waals surface area contributed by atoms with Crippen molar-refractivity contribution in [2.24, 2.45) is 5.10 Å². The zero-order valence-corrected chi connectivity index (χ0v) is 22.8. The van der Waals surface area contributed by atoms with Crippen molar-refractivity contribution >= 4 is 43.3 Å². The summed E-state index contributed by atoms with van der Waals surface area (Å²) in [7, 11) is -3.99. The van der Waals surface area contributed by atoms with Crippen molar-refractivity contribution in [3.05, 3.63) is 130 Å². The molecule has 0 aliphatic carbocycles. The first-order chi connectivity index (χ1) is 17.8. The average molecular weight is 577 g/mol. The molecule has 0 radical (unpaired) electrons. The fourth-order valence-corrected chi connectivity index (χ4v) is 5.46. The highest BCUT2D eigenvalue weighted by molar-refractivity contribution is 9.10. The molecule has 8 heteroatoms. The van der Waals surface area contributed by atoms with E-state index in [0.717, 1.165) is 21.2 Å². The summed E-state index contributed by atoms with van der Waals surface area (Å²) >= 11 is 3.41. The van der Waals surface area contributed by atoms with Gasteiger partial charge in [-0.1, -0.05) is 88.2 Å². The predicted molar refractivity (Wildman–Crippen MR) is 151 cm³/mol. The lowest BCUT2D eigenvalue weighted by Crippen LogP contribution is -2.33. The number of anilines is 1. The minimum absolute atomic E-state index is 0.0581. The largest absolute Gasteiger partial charge is 0.273 e. The van der Waals surface area contributed by atoms with E-state index < -0.39 is 15.9 Å². The van der Waals surface area contributed by atoms with Crippen LogP contribution in [0.25, 0.3) is 0 Å². The monoisotopic (exact) mass is 575 g/mol. The molecule has 4 aromatic rings. The fraction of sp³-hybridized carbons (Fsp3) is 0.103. The van der Waals surface area contributed by atoms with E-state index in [1.807, 2.05) is 61.5 Å². The summed E-state index contributed by atoms with van der Waals surface area (Å²) in [6.45, 7) is 3.75. The first-order valence-electron chi connectivity index (χ1n) is 11.6. The number of para-hydroxylation sites is 1. The van der Waals surface area contributed by atoms with Gasteiger partial charge in [0.05, 0.1) is 28.4 Å². The Morgan fingerprint density at radius 3 is 2.16 bits per heavy atom. The van der Waals surface area contributed by atoms with Crippen molar-refractivity contribution in [1.29, 1.82) is 0 Å². The molecule has 0 atom stereocenters. The van der Waals surface area contributed by atoms with Gasteiger partial charge in [-0.15, -0.1) is 0 Å². The zero-order chi connectivity index (χ0) is 26.4. The molecular formula is C29H26BrN3O3S. The Labute approximate surface area is 225 Å². The van der Waals surface area contributed by atoms with E-state index in [1.165, 1.54) is 4.31 Å². The molecule has 6 nitrogen and oxygen atoms in total. The predicted octanol–water partition coefficient (Wildman–Crippen LogP) is 6.31. The van der Waals surface area contributed by atoms with Crippen molar-refractivity contribution in [3.63, 3.8) is 0 Å². The minimum Gasteiger partial charge on any atom is -0.267 e. The minimum atomic E-state index is -3.99. The number of nitrogens with one attached hydrogen (secondary N) is 1. The Morgan fingerprint density at radius 1 is 0.865 bits per heavy atom. The Kier molecular flexibility index (Phi) is 8.21. The number of hydrazone groups is 1. The van der Waals surface area contributed by atoms with Crippen LogP contribution in [-0.2, 0) is 16.6 Å². The van der Waals surface area contributed by atoms with Gasteiger partial charge in [0.1, 0.15) is 0 Å². The Hall–Kier alpha value is -3.75. The number of hydrogen-bond donors (Lipinski definition) is 1. The molecule has 0 fully saturated rings.